The fourth-order valence-electron chi connectivity index (χ4n) is 6.81. The van der Waals surface area contributed by atoms with Gasteiger partial charge in [0, 0.05) is 61.0 Å². The number of fused-ring (bicyclic) bond motifs is 3. The molecule has 1 N–H and O–H groups in total. The molecule has 2 aromatic rings. The van der Waals surface area contributed by atoms with Crippen molar-refractivity contribution in [3.63, 3.8) is 0 Å². The predicted molar refractivity (Wildman–Crippen MR) is 143 cm³/mol. The van der Waals surface area contributed by atoms with Gasteiger partial charge in [0.05, 0.1) is 18.3 Å². The second kappa shape index (κ2) is 10.6. The molecule has 2 saturated heterocycles. The van der Waals surface area contributed by atoms with E-state index in [0.29, 0.717) is 29.5 Å². The van der Waals surface area contributed by atoms with Crippen molar-refractivity contribution in [1.29, 1.82) is 5.26 Å². The second-order valence-corrected chi connectivity index (χ2v) is 12.3. The zero-order valence-corrected chi connectivity index (χ0v) is 23.2. The predicted octanol–water partition coefficient (Wildman–Crippen LogP) is 4.10. The van der Waals surface area contributed by atoms with Gasteiger partial charge in [-0.15, -0.1) is 11.3 Å². The average molecular weight is 523 g/mol. The van der Waals surface area contributed by atoms with Crippen LogP contribution in [-0.4, -0.2) is 56.3 Å². The number of rotatable bonds is 7. The summed E-state index contributed by atoms with van der Waals surface area (Å²) in [5.74, 6) is 1.28. The molecule has 2 amide bonds. The zero-order valence-electron chi connectivity index (χ0n) is 22.4. The third-order valence-electron chi connectivity index (χ3n) is 8.39. The molecule has 198 valence electrons. The normalized spacial score (nSPS) is 24.1. The first-order valence-corrected chi connectivity index (χ1v) is 14.4. The molecule has 5 rings (SSSR count). The highest BCUT2D eigenvalue weighted by Crippen LogP contribution is 2.43. The molecule has 0 aliphatic carbocycles. The molecule has 9 heteroatoms. The van der Waals surface area contributed by atoms with Crippen molar-refractivity contribution >= 4 is 23.2 Å². The first-order chi connectivity index (χ1) is 17.7. The van der Waals surface area contributed by atoms with E-state index in [0.717, 1.165) is 55.2 Å². The van der Waals surface area contributed by atoms with Crippen LogP contribution in [0.25, 0.3) is 0 Å². The number of amides is 2. The number of nitrogens with zero attached hydrogens (tertiary/aromatic N) is 5. The second-order valence-electron chi connectivity index (χ2n) is 11.2. The van der Waals surface area contributed by atoms with Crippen molar-refractivity contribution in [3.8, 4) is 6.07 Å². The fraction of sp³-hybridized carbons (Fsp3) is 0.643. The molecule has 0 aromatic carbocycles. The first kappa shape index (κ1) is 25.9. The lowest BCUT2D eigenvalue weighted by Gasteiger charge is -2.41. The minimum atomic E-state index is -0.0545. The lowest BCUT2D eigenvalue weighted by molar-refractivity contribution is -0.135. The highest BCUT2D eigenvalue weighted by Gasteiger charge is 2.42. The van der Waals surface area contributed by atoms with E-state index in [2.05, 4.69) is 27.8 Å². The maximum absolute atomic E-state index is 12.6. The van der Waals surface area contributed by atoms with Crippen LogP contribution in [0.2, 0.25) is 0 Å². The Hall–Kier alpha value is -2.70. The Bertz CT molecular complexity index is 1200. The van der Waals surface area contributed by atoms with Crippen molar-refractivity contribution < 1.29 is 9.59 Å². The van der Waals surface area contributed by atoms with E-state index in [4.69, 9.17) is 4.98 Å². The number of nitrogens with one attached hydrogen (secondary N) is 1. The van der Waals surface area contributed by atoms with Gasteiger partial charge < -0.3 is 14.8 Å². The molecular weight excluding hydrogens is 484 g/mol. The van der Waals surface area contributed by atoms with Gasteiger partial charge in [0.25, 0.3) is 0 Å². The van der Waals surface area contributed by atoms with E-state index < -0.39 is 0 Å². The van der Waals surface area contributed by atoms with Crippen LogP contribution in [-0.2, 0) is 22.6 Å². The van der Waals surface area contributed by atoms with Crippen LogP contribution in [0.5, 0.6) is 0 Å². The zero-order chi connectivity index (χ0) is 26.3. The molecule has 0 spiro atoms. The van der Waals surface area contributed by atoms with E-state index in [-0.39, 0.29) is 23.8 Å². The molecule has 3 aliphatic heterocycles. The van der Waals surface area contributed by atoms with Crippen molar-refractivity contribution in [3.05, 3.63) is 39.1 Å². The van der Waals surface area contributed by atoms with Gasteiger partial charge in [-0.1, -0.05) is 13.8 Å². The Morgan fingerprint density at radius 3 is 2.57 bits per heavy atom. The van der Waals surface area contributed by atoms with E-state index >= 15 is 0 Å². The number of imidazole rings is 1. The van der Waals surface area contributed by atoms with E-state index in [1.165, 1.54) is 29.9 Å². The molecular formula is C28H38N6O2S. The summed E-state index contributed by atoms with van der Waals surface area (Å²) in [4.78, 5) is 35.8. The Morgan fingerprint density at radius 2 is 1.95 bits per heavy atom. The van der Waals surface area contributed by atoms with E-state index in [1.807, 2.05) is 30.9 Å². The Labute approximate surface area is 223 Å². The number of aromatic nitrogens is 2. The molecule has 2 unspecified atom stereocenters. The molecule has 2 fully saturated rings. The van der Waals surface area contributed by atoms with E-state index in [1.54, 1.807) is 6.92 Å². The summed E-state index contributed by atoms with van der Waals surface area (Å²) in [6, 6.07) is 7.52. The van der Waals surface area contributed by atoms with Crippen LogP contribution in [0.15, 0.2) is 12.1 Å². The van der Waals surface area contributed by atoms with Crippen molar-refractivity contribution in [2.24, 2.45) is 5.92 Å². The Kier molecular flexibility index (Phi) is 7.42. The van der Waals surface area contributed by atoms with Gasteiger partial charge in [-0.25, -0.2) is 4.98 Å². The average Bonchev–Trinajstić information content (AvgIpc) is 3.53. The molecule has 0 saturated carbocycles. The molecule has 5 heterocycles. The molecule has 3 aliphatic rings. The lowest BCUT2D eigenvalue weighted by atomic mass is 9.95. The van der Waals surface area contributed by atoms with Crippen molar-refractivity contribution in [2.45, 2.75) is 96.9 Å². The molecule has 2 aromatic heterocycles. The number of carbonyl (C=O) groups excluding carboxylic acids is 2. The van der Waals surface area contributed by atoms with Crippen molar-refractivity contribution in [1.82, 2.24) is 24.7 Å². The van der Waals surface area contributed by atoms with Crippen LogP contribution in [0.1, 0.15) is 91.9 Å². The van der Waals surface area contributed by atoms with Gasteiger partial charge in [0.1, 0.15) is 16.8 Å². The maximum Gasteiger partial charge on any atom is 0.225 e. The largest absolute Gasteiger partial charge is 0.349 e. The monoisotopic (exact) mass is 522 g/mol. The van der Waals surface area contributed by atoms with Crippen LogP contribution in [0, 0.1) is 24.2 Å². The number of piperidine rings is 1. The molecule has 0 radical (unpaired) electrons. The lowest BCUT2D eigenvalue weighted by Crippen LogP contribution is -2.45. The summed E-state index contributed by atoms with van der Waals surface area (Å²) in [7, 11) is 0. The minimum absolute atomic E-state index is 0.0168. The number of aryl methyl sites for hydroxylation is 1. The molecule has 37 heavy (non-hydrogen) atoms. The summed E-state index contributed by atoms with van der Waals surface area (Å²) in [5.41, 5.74) is 2.42. The summed E-state index contributed by atoms with van der Waals surface area (Å²) >= 11 is 1.47. The third kappa shape index (κ3) is 5.19. The smallest absolute Gasteiger partial charge is 0.225 e. The van der Waals surface area contributed by atoms with Gasteiger partial charge in [0.2, 0.25) is 11.8 Å². The summed E-state index contributed by atoms with van der Waals surface area (Å²) in [6.45, 7) is 9.97. The van der Waals surface area contributed by atoms with Gasteiger partial charge >= 0.3 is 0 Å². The van der Waals surface area contributed by atoms with Crippen LogP contribution in [0.3, 0.4) is 0 Å². The summed E-state index contributed by atoms with van der Waals surface area (Å²) in [5, 5.41) is 12.3. The Balaban J connectivity index is 1.26. The standard InChI is InChI=1S/C28H38N6O2S/c1-17(2)28(36)32-11-10-26-25(16-32)30-18(3)34(26)22-13-20-5-6-21(14-22)33(20)12-9-24(31-19(4)35)27-8-7-23(15-29)37-27/h7-8,17,20-22,24H,5-6,9-14,16H2,1-4H3,(H,31,35)/t20?,21?,22?,24-/m0/s1. The number of thiophene rings is 1. The molecule has 2 bridgehead atoms. The first-order valence-electron chi connectivity index (χ1n) is 13.6. The summed E-state index contributed by atoms with van der Waals surface area (Å²) < 4.78 is 2.50. The third-order valence-corrected chi connectivity index (χ3v) is 9.50. The van der Waals surface area contributed by atoms with Gasteiger partial charge in [0.15, 0.2) is 0 Å². The van der Waals surface area contributed by atoms with Crippen molar-refractivity contribution in [2.75, 3.05) is 13.1 Å². The topological polar surface area (TPSA) is 94.3 Å². The molecule has 3 atom stereocenters. The van der Waals surface area contributed by atoms with Crippen LogP contribution in [0.4, 0.5) is 0 Å². The van der Waals surface area contributed by atoms with Crippen LogP contribution < -0.4 is 5.32 Å². The maximum atomic E-state index is 12.6. The highest BCUT2D eigenvalue weighted by atomic mass is 32.1. The number of nitriles is 1. The SMILES string of the molecule is CC(=O)N[C@@H](CCN1C2CCC1CC(n1c(C)nc3c1CCN(C(=O)C(C)C)C3)C2)c1ccc(C#N)s1. The van der Waals surface area contributed by atoms with Crippen LogP contribution >= 0.6 is 11.3 Å². The number of carbonyl (C=O) groups is 2. The van der Waals surface area contributed by atoms with Gasteiger partial charge in [-0.2, -0.15) is 5.26 Å². The highest BCUT2D eigenvalue weighted by molar-refractivity contribution is 7.12. The quantitative estimate of drug-likeness (QED) is 0.591. The molecule has 8 nitrogen and oxygen atoms in total. The number of hydrogen-bond donors (Lipinski definition) is 1. The summed E-state index contributed by atoms with van der Waals surface area (Å²) in [6.07, 6.45) is 6.41. The minimum Gasteiger partial charge on any atom is -0.349 e. The van der Waals surface area contributed by atoms with E-state index in [9.17, 15) is 14.9 Å². The Morgan fingerprint density at radius 1 is 1.22 bits per heavy atom. The van der Waals surface area contributed by atoms with Gasteiger partial charge in [-0.05, 0) is 51.2 Å². The fourth-order valence-corrected chi connectivity index (χ4v) is 7.70. The van der Waals surface area contributed by atoms with Gasteiger partial charge in [-0.3, -0.25) is 14.5 Å². The number of hydrogen-bond acceptors (Lipinski definition) is 6.